The summed E-state index contributed by atoms with van der Waals surface area (Å²) in [6.45, 7) is 6.65. The Kier molecular flexibility index (Phi) is 7.39. The monoisotopic (exact) mass is 386 g/mol. The van der Waals surface area contributed by atoms with Crippen LogP contribution < -0.4 is 10.1 Å². The van der Waals surface area contributed by atoms with Crippen molar-refractivity contribution in [3.05, 3.63) is 65.5 Å². The molecule has 1 saturated heterocycles. The third-order valence-corrected chi connectivity index (χ3v) is 4.77. The number of carbonyl (C=O) groups is 1. The quantitative estimate of drug-likeness (QED) is 0.757. The Morgan fingerprint density at radius 3 is 2.50 bits per heavy atom. The van der Waals surface area contributed by atoms with Crippen molar-refractivity contribution >= 4 is 5.91 Å². The second-order valence-electron chi connectivity index (χ2n) is 6.87. The van der Waals surface area contributed by atoms with Crippen molar-refractivity contribution in [1.29, 1.82) is 0 Å². The Morgan fingerprint density at radius 1 is 1.14 bits per heavy atom. The molecular weight excluding hydrogens is 359 g/mol. The SMILES string of the molecule is CC[C@@H](Oc1ccccc1F)C(=O)NCc1ccc(CN2CCOCC2)cc1. The van der Waals surface area contributed by atoms with E-state index >= 15 is 0 Å². The fourth-order valence-corrected chi connectivity index (χ4v) is 3.10. The van der Waals surface area contributed by atoms with Gasteiger partial charge >= 0.3 is 0 Å². The minimum atomic E-state index is -0.725. The van der Waals surface area contributed by atoms with E-state index < -0.39 is 11.9 Å². The Labute approximate surface area is 165 Å². The predicted molar refractivity (Wildman–Crippen MR) is 105 cm³/mol. The highest BCUT2D eigenvalue weighted by Crippen LogP contribution is 2.18. The highest BCUT2D eigenvalue weighted by Gasteiger charge is 2.19. The van der Waals surface area contributed by atoms with Crippen LogP contribution in [0.3, 0.4) is 0 Å². The summed E-state index contributed by atoms with van der Waals surface area (Å²) in [5.41, 5.74) is 2.26. The van der Waals surface area contributed by atoms with Crippen molar-refractivity contribution < 1.29 is 18.7 Å². The molecule has 1 aliphatic heterocycles. The maximum atomic E-state index is 13.7. The maximum absolute atomic E-state index is 13.7. The molecule has 2 aromatic carbocycles. The van der Waals surface area contributed by atoms with E-state index in [1.807, 2.05) is 19.1 Å². The van der Waals surface area contributed by atoms with E-state index in [1.54, 1.807) is 12.1 Å². The standard InChI is InChI=1S/C22H27FN2O3/c1-2-20(28-21-6-4-3-5-19(21)23)22(26)24-15-17-7-9-18(10-8-17)16-25-11-13-27-14-12-25/h3-10,20H,2,11-16H2,1H3,(H,24,26)/t20-/m1/s1. The molecule has 1 fully saturated rings. The van der Waals surface area contributed by atoms with Crippen molar-refractivity contribution in [3.8, 4) is 5.75 Å². The van der Waals surface area contributed by atoms with Gasteiger partial charge in [-0.25, -0.2) is 4.39 Å². The largest absolute Gasteiger partial charge is 0.478 e. The van der Waals surface area contributed by atoms with E-state index in [2.05, 4.69) is 22.3 Å². The van der Waals surface area contributed by atoms with Crippen LogP contribution in [0.4, 0.5) is 4.39 Å². The Bertz CT molecular complexity index is 761. The Morgan fingerprint density at radius 2 is 1.82 bits per heavy atom. The molecule has 0 aromatic heterocycles. The zero-order valence-electron chi connectivity index (χ0n) is 16.2. The van der Waals surface area contributed by atoms with Crippen LogP contribution in [0, 0.1) is 5.82 Å². The van der Waals surface area contributed by atoms with Crippen LogP contribution in [-0.4, -0.2) is 43.2 Å². The molecule has 1 heterocycles. The normalized spacial score (nSPS) is 15.8. The number of rotatable bonds is 8. The third-order valence-electron chi connectivity index (χ3n) is 4.77. The van der Waals surface area contributed by atoms with Gasteiger partial charge in [0.1, 0.15) is 0 Å². The summed E-state index contributed by atoms with van der Waals surface area (Å²) >= 11 is 0. The number of amides is 1. The first-order valence-electron chi connectivity index (χ1n) is 9.72. The van der Waals surface area contributed by atoms with E-state index in [0.717, 1.165) is 38.4 Å². The summed E-state index contributed by atoms with van der Waals surface area (Å²) in [4.78, 5) is 14.8. The lowest BCUT2D eigenvalue weighted by Crippen LogP contribution is -2.37. The highest BCUT2D eigenvalue weighted by atomic mass is 19.1. The molecule has 0 radical (unpaired) electrons. The lowest BCUT2D eigenvalue weighted by atomic mass is 10.1. The molecule has 0 saturated carbocycles. The molecule has 2 aromatic rings. The lowest BCUT2D eigenvalue weighted by Gasteiger charge is -2.26. The number of morpholine rings is 1. The highest BCUT2D eigenvalue weighted by molar-refractivity contribution is 5.81. The number of ether oxygens (including phenoxy) is 2. The number of benzene rings is 2. The van der Waals surface area contributed by atoms with E-state index in [1.165, 1.54) is 17.7 Å². The molecule has 1 amide bonds. The summed E-state index contributed by atoms with van der Waals surface area (Å²) < 4.78 is 24.7. The zero-order chi connectivity index (χ0) is 19.8. The summed E-state index contributed by atoms with van der Waals surface area (Å²) in [5, 5.41) is 2.88. The molecule has 0 bridgehead atoms. The van der Waals surface area contributed by atoms with E-state index in [9.17, 15) is 9.18 Å². The summed E-state index contributed by atoms with van der Waals surface area (Å²) in [5.74, 6) is -0.621. The molecule has 1 N–H and O–H groups in total. The van der Waals surface area contributed by atoms with Crippen molar-refractivity contribution in [2.75, 3.05) is 26.3 Å². The fraction of sp³-hybridized carbons (Fsp3) is 0.409. The number of carbonyl (C=O) groups excluding carboxylic acids is 1. The van der Waals surface area contributed by atoms with Gasteiger partial charge in [-0.15, -0.1) is 0 Å². The van der Waals surface area contributed by atoms with Gasteiger partial charge in [0, 0.05) is 26.2 Å². The van der Waals surface area contributed by atoms with Gasteiger partial charge in [-0.3, -0.25) is 9.69 Å². The van der Waals surface area contributed by atoms with Gasteiger partial charge in [-0.2, -0.15) is 0 Å². The van der Waals surface area contributed by atoms with Crippen LogP contribution >= 0.6 is 0 Å². The van der Waals surface area contributed by atoms with Gasteiger partial charge in [-0.05, 0) is 29.7 Å². The van der Waals surface area contributed by atoms with Gasteiger partial charge in [0.15, 0.2) is 17.7 Å². The molecule has 0 spiro atoms. The van der Waals surface area contributed by atoms with E-state index in [4.69, 9.17) is 9.47 Å². The number of nitrogens with one attached hydrogen (secondary N) is 1. The molecule has 6 heteroatoms. The Hall–Kier alpha value is -2.44. The van der Waals surface area contributed by atoms with Crippen LogP contribution in [0.5, 0.6) is 5.75 Å². The molecule has 28 heavy (non-hydrogen) atoms. The van der Waals surface area contributed by atoms with Gasteiger partial charge in [0.2, 0.25) is 0 Å². The van der Waals surface area contributed by atoms with E-state index in [0.29, 0.717) is 13.0 Å². The molecule has 0 aliphatic carbocycles. The van der Waals surface area contributed by atoms with Crippen LogP contribution in [0.1, 0.15) is 24.5 Å². The second kappa shape index (κ2) is 10.2. The van der Waals surface area contributed by atoms with Crippen LogP contribution in [0.2, 0.25) is 0 Å². The Balaban J connectivity index is 1.49. The van der Waals surface area contributed by atoms with Crippen molar-refractivity contribution in [3.63, 3.8) is 0 Å². The first kappa shape index (κ1) is 20.3. The first-order chi connectivity index (χ1) is 13.7. The number of para-hydroxylation sites is 1. The summed E-state index contributed by atoms with van der Waals surface area (Å²) in [6, 6.07) is 14.3. The number of hydrogen-bond acceptors (Lipinski definition) is 4. The molecule has 0 unspecified atom stereocenters. The number of hydrogen-bond donors (Lipinski definition) is 1. The minimum Gasteiger partial charge on any atom is -0.478 e. The van der Waals surface area contributed by atoms with Crippen LogP contribution in [0.25, 0.3) is 0 Å². The molecule has 3 rings (SSSR count). The molecule has 150 valence electrons. The topological polar surface area (TPSA) is 50.8 Å². The molecule has 1 aliphatic rings. The zero-order valence-corrected chi connectivity index (χ0v) is 16.2. The maximum Gasteiger partial charge on any atom is 0.261 e. The third kappa shape index (κ3) is 5.78. The molecule has 5 nitrogen and oxygen atoms in total. The summed E-state index contributed by atoms with van der Waals surface area (Å²) in [7, 11) is 0. The average molecular weight is 386 g/mol. The lowest BCUT2D eigenvalue weighted by molar-refractivity contribution is -0.128. The van der Waals surface area contributed by atoms with Crippen molar-refractivity contribution in [2.45, 2.75) is 32.5 Å². The van der Waals surface area contributed by atoms with Crippen LogP contribution in [-0.2, 0) is 22.6 Å². The van der Waals surface area contributed by atoms with Gasteiger partial charge in [0.05, 0.1) is 13.2 Å². The van der Waals surface area contributed by atoms with Gasteiger partial charge in [0.25, 0.3) is 5.91 Å². The molecule has 1 atom stereocenters. The van der Waals surface area contributed by atoms with E-state index in [-0.39, 0.29) is 11.7 Å². The average Bonchev–Trinajstić information content (AvgIpc) is 2.73. The smallest absolute Gasteiger partial charge is 0.261 e. The van der Waals surface area contributed by atoms with Crippen molar-refractivity contribution in [2.24, 2.45) is 0 Å². The number of nitrogens with zero attached hydrogens (tertiary/aromatic N) is 1. The first-order valence-corrected chi connectivity index (χ1v) is 9.72. The fourth-order valence-electron chi connectivity index (χ4n) is 3.10. The second-order valence-corrected chi connectivity index (χ2v) is 6.87. The van der Waals surface area contributed by atoms with Crippen LogP contribution in [0.15, 0.2) is 48.5 Å². The van der Waals surface area contributed by atoms with Crippen molar-refractivity contribution in [1.82, 2.24) is 10.2 Å². The minimum absolute atomic E-state index is 0.0944. The molecular formula is C22H27FN2O3. The predicted octanol–water partition coefficient (Wildman–Crippen LogP) is 3.13. The number of halogens is 1. The van der Waals surface area contributed by atoms with Gasteiger partial charge < -0.3 is 14.8 Å². The summed E-state index contributed by atoms with van der Waals surface area (Å²) in [6.07, 6.45) is -0.268. The van der Waals surface area contributed by atoms with Gasteiger partial charge in [-0.1, -0.05) is 43.3 Å².